The topological polar surface area (TPSA) is 33.1 Å². The minimum atomic E-state index is -0.621. The Hall–Kier alpha value is -0.230. The molecule has 1 N–H and O–H groups in total. The maximum atomic E-state index is 10.1. The number of halogens is 2. The van der Waals surface area contributed by atoms with Gasteiger partial charge in [0, 0.05) is 0 Å². The summed E-state index contributed by atoms with van der Waals surface area (Å²) in [5.41, 5.74) is 0.870. The van der Waals surface area contributed by atoms with Gasteiger partial charge in [0.05, 0.1) is 4.88 Å². The summed E-state index contributed by atoms with van der Waals surface area (Å²) in [4.78, 5) is 4.96. The van der Waals surface area contributed by atoms with E-state index in [-0.39, 0.29) is 0 Å². The Morgan fingerprint density at radius 2 is 1.87 bits per heavy atom. The molecule has 78 valence electrons. The van der Waals surface area contributed by atoms with Crippen molar-refractivity contribution >= 4 is 43.2 Å². The van der Waals surface area contributed by atoms with Crippen LogP contribution in [0.15, 0.2) is 38.9 Å². The minimum absolute atomic E-state index is 0.621. The Labute approximate surface area is 108 Å². The molecule has 15 heavy (non-hydrogen) atoms. The van der Waals surface area contributed by atoms with E-state index in [4.69, 9.17) is 0 Å². The van der Waals surface area contributed by atoms with Gasteiger partial charge in [-0.15, -0.1) is 11.3 Å². The fourth-order valence-corrected chi connectivity index (χ4v) is 3.63. The fraction of sp³-hybridized carbons (Fsp3) is 0.100. The lowest BCUT2D eigenvalue weighted by Gasteiger charge is -2.08. The van der Waals surface area contributed by atoms with Crippen molar-refractivity contribution in [2.75, 3.05) is 0 Å². The maximum Gasteiger partial charge on any atom is 0.160 e. The number of hydrogen-bond acceptors (Lipinski definition) is 3. The number of aliphatic hydroxyl groups is 1. The Balaban J connectivity index is 2.36. The lowest BCUT2D eigenvalue weighted by Crippen LogP contribution is -1.97. The Bertz CT molecular complexity index is 458. The molecule has 2 nitrogen and oxygen atoms in total. The molecule has 0 aliphatic carbocycles. The van der Waals surface area contributed by atoms with Crippen molar-refractivity contribution in [3.8, 4) is 0 Å². The second kappa shape index (κ2) is 4.74. The first-order chi connectivity index (χ1) is 7.18. The molecule has 1 unspecified atom stereocenters. The summed E-state index contributed by atoms with van der Waals surface area (Å²) in [6.45, 7) is 0. The highest BCUT2D eigenvalue weighted by Gasteiger charge is 2.17. The van der Waals surface area contributed by atoms with Crippen LogP contribution in [-0.2, 0) is 0 Å². The minimum Gasteiger partial charge on any atom is -0.383 e. The summed E-state index contributed by atoms with van der Waals surface area (Å²) in [6.07, 6.45) is -0.621. The van der Waals surface area contributed by atoms with E-state index in [0.717, 1.165) is 14.4 Å². The van der Waals surface area contributed by atoms with Gasteiger partial charge >= 0.3 is 0 Å². The lowest BCUT2D eigenvalue weighted by molar-refractivity contribution is 0.223. The van der Waals surface area contributed by atoms with Crippen LogP contribution in [0.25, 0.3) is 0 Å². The van der Waals surface area contributed by atoms with Crippen LogP contribution in [0.3, 0.4) is 0 Å². The lowest BCUT2D eigenvalue weighted by atomic mass is 10.1. The molecule has 1 aromatic carbocycles. The van der Waals surface area contributed by atoms with Gasteiger partial charge in [-0.1, -0.05) is 30.3 Å². The molecule has 0 amide bonds. The first-order valence-electron chi connectivity index (χ1n) is 4.23. The Morgan fingerprint density at radius 3 is 2.40 bits per heavy atom. The molecule has 0 aliphatic heterocycles. The third kappa shape index (κ3) is 2.47. The van der Waals surface area contributed by atoms with E-state index in [1.807, 2.05) is 30.3 Å². The number of aromatic nitrogens is 1. The van der Waals surface area contributed by atoms with Gasteiger partial charge in [-0.3, -0.25) is 0 Å². The standard InChI is InChI=1S/C10H7Br2NOS/c11-9-8(15-10(12)13-9)7(14)6-4-2-1-3-5-6/h1-5,7,14H. The Kier molecular flexibility index (Phi) is 3.56. The predicted octanol–water partition coefficient (Wildman–Crippen LogP) is 3.75. The van der Waals surface area contributed by atoms with Crippen LogP contribution in [0.4, 0.5) is 0 Å². The zero-order chi connectivity index (χ0) is 10.8. The van der Waals surface area contributed by atoms with Crippen molar-refractivity contribution in [3.05, 3.63) is 49.3 Å². The van der Waals surface area contributed by atoms with Crippen molar-refractivity contribution < 1.29 is 5.11 Å². The number of nitrogens with zero attached hydrogens (tertiary/aromatic N) is 1. The molecule has 2 aromatic rings. The summed E-state index contributed by atoms with van der Waals surface area (Å²) in [5, 5.41) is 10.1. The molecule has 2 rings (SSSR count). The monoisotopic (exact) mass is 347 g/mol. The zero-order valence-electron chi connectivity index (χ0n) is 7.52. The quantitative estimate of drug-likeness (QED) is 0.896. The molecular weight excluding hydrogens is 342 g/mol. The van der Waals surface area contributed by atoms with Gasteiger partial charge in [-0.05, 0) is 37.4 Å². The van der Waals surface area contributed by atoms with Gasteiger partial charge in [0.2, 0.25) is 0 Å². The summed E-state index contributed by atoms with van der Waals surface area (Å²) >= 11 is 8.04. The van der Waals surface area contributed by atoms with E-state index in [1.54, 1.807) is 0 Å². The highest BCUT2D eigenvalue weighted by atomic mass is 79.9. The third-order valence-corrected chi connectivity index (χ3v) is 4.37. The normalized spacial score (nSPS) is 12.7. The number of aliphatic hydroxyl groups excluding tert-OH is 1. The van der Waals surface area contributed by atoms with E-state index >= 15 is 0 Å². The van der Waals surface area contributed by atoms with Crippen molar-refractivity contribution in [2.24, 2.45) is 0 Å². The largest absolute Gasteiger partial charge is 0.383 e. The molecule has 5 heteroatoms. The number of thiazole rings is 1. The van der Waals surface area contributed by atoms with Crippen molar-refractivity contribution in [1.29, 1.82) is 0 Å². The number of rotatable bonds is 2. The molecule has 0 fully saturated rings. The van der Waals surface area contributed by atoms with Gasteiger partial charge in [0.15, 0.2) is 3.92 Å². The van der Waals surface area contributed by atoms with Gasteiger partial charge in [-0.25, -0.2) is 4.98 Å². The van der Waals surface area contributed by atoms with Crippen LogP contribution in [0, 0.1) is 0 Å². The van der Waals surface area contributed by atoms with E-state index in [1.165, 1.54) is 11.3 Å². The van der Waals surface area contributed by atoms with E-state index in [9.17, 15) is 5.11 Å². The van der Waals surface area contributed by atoms with Crippen LogP contribution in [0.2, 0.25) is 0 Å². The average molecular weight is 349 g/mol. The fourth-order valence-electron chi connectivity index (χ4n) is 1.24. The molecule has 1 heterocycles. The van der Waals surface area contributed by atoms with Crippen molar-refractivity contribution in [2.45, 2.75) is 6.10 Å². The summed E-state index contributed by atoms with van der Waals surface area (Å²) in [7, 11) is 0. The van der Waals surface area contributed by atoms with Crippen molar-refractivity contribution in [1.82, 2.24) is 4.98 Å². The van der Waals surface area contributed by atoms with Crippen LogP contribution in [0.5, 0.6) is 0 Å². The first kappa shape index (κ1) is 11.3. The van der Waals surface area contributed by atoms with Gasteiger partial charge in [-0.2, -0.15) is 0 Å². The maximum absolute atomic E-state index is 10.1. The molecule has 0 saturated heterocycles. The van der Waals surface area contributed by atoms with Crippen LogP contribution >= 0.6 is 43.2 Å². The summed E-state index contributed by atoms with van der Waals surface area (Å²) in [6, 6.07) is 9.52. The molecule has 1 atom stereocenters. The van der Waals surface area contributed by atoms with Gasteiger partial charge in [0.1, 0.15) is 10.7 Å². The molecule has 0 saturated carbocycles. The highest BCUT2D eigenvalue weighted by molar-refractivity contribution is 9.11. The van der Waals surface area contributed by atoms with Crippen LogP contribution in [-0.4, -0.2) is 10.1 Å². The smallest absolute Gasteiger partial charge is 0.160 e. The first-order valence-corrected chi connectivity index (χ1v) is 6.63. The molecule has 1 aromatic heterocycles. The predicted molar refractivity (Wildman–Crippen MR) is 68.0 cm³/mol. The molecular formula is C10H7Br2NOS. The molecule has 0 aliphatic rings. The van der Waals surface area contributed by atoms with Crippen molar-refractivity contribution in [3.63, 3.8) is 0 Å². The van der Waals surface area contributed by atoms with E-state index in [2.05, 4.69) is 36.8 Å². The average Bonchev–Trinajstić information content (AvgIpc) is 2.58. The second-order valence-electron chi connectivity index (χ2n) is 2.94. The van der Waals surface area contributed by atoms with E-state index in [0.29, 0.717) is 4.60 Å². The van der Waals surface area contributed by atoms with E-state index < -0.39 is 6.10 Å². The summed E-state index contributed by atoms with van der Waals surface area (Å²) < 4.78 is 1.45. The van der Waals surface area contributed by atoms with Crippen LogP contribution < -0.4 is 0 Å². The second-order valence-corrected chi connectivity index (χ2v) is 5.99. The summed E-state index contributed by atoms with van der Waals surface area (Å²) in [5.74, 6) is 0. The zero-order valence-corrected chi connectivity index (χ0v) is 11.5. The highest BCUT2D eigenvalue weighted by Crippen LogP contribution is 2.35. The van der Waals surface area contributed by atoms with Crippen LogP contribution in [0.1, 0.15) is 16.5 Å². The Morgan fingerprint density at radius 1 is 1.20 bits per heavy atom. The SMILES string of the molecule is OC(c1ccccc1)c1sc(Br)nc1Br. The molecule has 0 radical (unpaired) electrons. The van der Waals surface area contributed by atoms with Gasteiger partial charge in [0.25, 0.3) is 0 Å². The number of hydrogen-bond donors (Lipinski definition) is 1. The third-order valence-electron chi connectivity index (χ3n) is 1.95. The molecule has 0 spiro atoms. The number of benzene rings is 1. The van der Waals surface area contributed by atoms with Gasteiger partial charge < -0.3 is 5.11 Å². The molecule has 0 bridgehead atoms.